The van der Waals surface area contributed by atoms with Gasteiger partial charge in [-0.1, -0.05) is 30.3 Å². The monoisotopic (exact) mass is 391 g/mol. The zero-order valence-electron chi connectivity index (χ0n) is 17.0. The minimum absolute atomic E-state index is 0.0704. The molecule has 1 unspecified atom stereocenters. The lowest BCUT2D eigenvalue weighted by Crippen LogP contribution is -2.41. The van der Waals surface area contributed by atoms with E-state index in [0.29, 0.717) is 18.2 Å². The van der Waals surface area contributed by atoms with E-state index in [1.165, 1.54) is 12.8 Å². The molecule has 5 heteroatoms. The Kier molecular flexibility index (Phi) is 6.15. The number of benzene rings is 2. The molecule has 4 rings (SSSR count). The van der Waals surface area contributed by atoms with Crippen molar-refractivity contribution >= 4 is 16.8 Å². The number of nitrogens with one attached hydrogen (secondary N) is 2. The summed E-state index contributed by atoms with van der Waals surface area (Å²) in [6.07, 6.45) is 2.38. The summed E-state index contributed by atoms with van der Waals surface area (Å²) >= 11 is 0. The van der Waals surface area contributed by atoms with Gasteiger partial charge in [-0.3, -0.25) is 4.79 Å². The van der Waals surface area contributed by atoms with Crippen LogP contribution in [-0.2, 0) is 6.61 Å². The third kappa shape index (κ3) is 4.80. The first-order chi connectivity index (χ1) is 14.2. The van der Waals surface area contributed by atoms with Gasteiger partial charge in [-0.2, -0.15) is 0 Å². The van der Waals surface area contributed by atoms with Gasteiger partial charge in [-0.05, 0) is 68.6 Å². The van der Waals surface area contributed by atoms with Gasteiger partial charge < -0.3 is 19.9 Å². The van der Waals surface area contributed by atoms with Crippen LogP contribution in [0.2, 0.25) is 0 Å². The minimum Gasteiger partial charge on any atom is -0.489 e. The van der Waals surface area contributed by atoms with E-state index < -0.39 is 0 Å². The summed E-state index contributed by atoms with van der Waals surface area (Å²) in [6, 6.07) is 18.0. The number of aromatic nitrogens is 1. The number of nitrogens with zero attached hydrogens (tertiary/aromatic N) is 1. The molecule has 2 N–H and O–H groups in total. The number of carbonyl (C=O) groups excluding carboxylic acids is 1. The predicted molar refractivity (Wildman–Crippen MR) is 116 cm³/mol. The zero-order chi connectivity index (χ0) is 20.1. The van der Waals surface area contributed by atoms with Crippen LogP contribution in [0, 0.1) is 5.92 Å². The Balaban J connectivity index is 1.45. The second-order valence-corrected chi connectivity index (χ2v) is 7.76. The molecule has 5 nitrogen and oxygen atoms in total. The maximum Gasteiger partial charge on any atom is 0.270 e. The summed E-state index contributed by atoms with van der Waals surface area (Å²) in [5.74, 6) is 1.41. The second kappa shape index (κ2) is 9.14. The van der Waals surface area contributed by atoms with Crippen LogP contribution in [0.5, 0.6) is 5.75 Å². The average molecular weight is 392 g/mol. The Morgan fingerprint density at radius 3 is 2.79 bits per heavy atom. The fraction of sp³-hybridized carbons (Fsp3) is 0.375. The summed E-state index contributed by atoms with van der Waals surface area (Å²) < 4.78 is 5.92. The fourth-order valence-electron chi connectivity index (χ4n) is 3.97. The van der Waals surface area contributed by atoms with Gasteiger partial charge in [0, 0.05) is 24.0 Å². The van der Waals surface area contributed by atoms with Crippen molar-refractivity contribution in [2.75, 3.05) is 26.2 Å². The van der Waals surface area contributed by atoms with Gasteiger partial charge in [0.05, 0.1) is 0 Å². The largest absolute Gasteiger partial charge is 0.489 e. The number of fused-ring (bicyclic) bond motifs is 1. The average Bonchev–Trinajstić information content (AvgIpc) is 3.20. The Hall–Kier alpha value is -2.79. The highest BCUT2D eigenvalue weighted by Gasteiger charge is 2.22. The van der Waals surface area contributed by atoms with Gasteiger partial charge in [-0.15, -0.1) is 0 Å². The number of carbonyl (C=O) groups is 1. The number of hydrogen-bond acceptors (Lipinski definition) is 3. The Bertz CT molecular complexity index is 945. The molecule has 0 spiro atoms. The van der Waals surface area contributed by atoms with Gasteiger partial charge in [-0.25, -0.2) is 0 Å². The molecule has 1 aromatic heterocycles. The smallest absolute Gasteiger partial charge is 0.270 e. The molecule has 1 aliphatic rings. The lowest BCUT2D eigenvalue weighted by Gasteiger charge is -2.29. The van der Waals surface area contributed by atoms with Crippen LogP contribution in [-0.4, -0.2) is 42.0 Å². The molecule has 3 aromatic rings. The van der Waals surface area contributed by atoms with Crippen molar-refractivity contribution in [3.8, 4) is 5.75 Å². The molecule has 1 saturated heterocycles. The Morgan fingerprint density at radius 1 is 1.17 bits per heavy atom. The Morgan fingerprint density at radius 2 is 2.03 bits per heavy atom. The number of amides is 1. The van der Waals surface area contributed by atoms with E-state index in [1.807, 2.05) is 66.4 Å². The van der Waals surface area contributed by atoms with E-state index >= 15 is 0 Å². The summed E-state index contributed by atoms with van der Waals surface area (Å²) in [4.78, 5) is 18.3. The number of hydrogen-bond donors (Lipinski definition) is 2. The summed E-state index contributed by atoms with van der Waals surface area (Å²) in [5, 5.41) is 4.43. The van der Waals surface area contributed by atoms with Crippen LogP contribution in [0.3, 0.4) is 0 Å². The van der Waals surface area contributed by atoms with Crippen LogP contribution < -0.4 is 10.1 Å². The zero-order valence-corrected chi connectivity index (χ0v) is 17.0. The second-order valence-electron chi connectivity index (χ2n) is 7.76. The van der Waals surface area contributed by atoms with Crippen LogP contribution in [0.25, 0.3) is 10.9 Å². The first-order valence-corrected chi connectivity index (χ1v) is 10.5. The quantitative estimate of drug-likeness (QED) is 0.634. The molecule has 0 bridgehead atoms. The highest BCUT2D eigenvalue weighted by molar-refractivity contribution is 5.98. The standard InChI is InChI=1S/C24H29N3O2/c1-2-27(16-19-9-6-12-25-15-19)24(28)23-14-20-13-21(10-11-22(20)26-23)29-17-18-7-4-3-5-8-18/h3-5,7-8,10-11,13-14,19,25-26H,2,6,9,12,15-17H2,1H3. The van der Waals surface area contributed by atoms with Crippen molar-refractivity contribution in [2.45, 2.75) is 26.4 Å². The van der Waals surface area contributed by atoms with Crippen molar-refractivity contribution in [2.24, 2.45) is 5.92 Å². The topological polar surface area (TPSA) is 57.4 Å². The number of H-pyrrole nitrogens is 1. The molecular weight excluding hydrogens is 362 g/mol. The van der Waals surface area contributed by atoms with E-state index in [-0.39, 0.29) is 5.91 Å². The lowest BCUT2D eigenvalue weighted by molar-refractivity contribution is 0.0724. The van der Waals surface area contributed by atoms with Gasteiger partial charge in [0.2, 0.25) is 0 Å². The van der Waals surface area contributed by atoms with Crippen molar-refractivity contribution in [3.05, 3.63) is 65.9 Å². The molecular formula is C24H29N3O2. The highest BCUT2D eigenvalue weighted by Crippen LogP contribution is 2.23. The molecule has 1 aliphatic heterocycles. The summed E-state index contributed by atoms with van der Waals surface area (Å²) in [6.45, 7) is 6.19. The van der Waals surface area contributed by atoms with Crippen LogP contribution in [0.4, 0.5) is 0 Å². The van der Waals surface area contributed by atoms with E-state index in [0.717, 1.165) is 48.4 Å². The maximum atomic E-state index is 13.1. The normalized spacial score (nSPS) is 16.7. The molecule has 1 fully saturated rings. The van der Waals surface area contributed by atoms with Crippen molar-refractivity contribution in [3.63, 3.8) is 0 Å². The molecule has 0 saturated carbocycles. The van der Waals surface area contributed by atoms with Crippen LogP contribution >= 0.6 is 0 Å². The molecule has 152 valence electrons. The first kappa shape index (κ1) is 19.5. The van der Waals surface area contributed by atoms with E-state index in [9.17, 15) is 4.79 Å². The van der Waals surface area contributed by atoms with Gasteiger partial charge in [0.1, 0.15) is 18.1 Å². The SMILES string of the molecule is CCN(CC1CCCNC1)C(=O)c1cc2cc(OCc3ccccc3)ccc2[nH]1. The van der Waals surface area contributed by atoms with Crippen molar-refractivity contribution in [1.82, 2.24) is 15.2 Å². The Labute approximate surface area is 172 Å². The van der Waals surface area contributed by atoms with E-state index in [1.54, 1.807) is 0 Å². The molecule has 2 aromatic carbocycles. The fourth-order valence-corrected chi connectivity index (χ4v) is 3.97. The minimum atomic E-state index is 0.0704. The van der Waals surface area contributed by atoms with Gasteiger partial charge in [0.15, 0.2) is 0 Å². The molecule has 2 heterocycles. The summed E-state index contributed by atoms with van der Waals surface area (Å²) in [7, 11) is 0. The maximum absolute atomic E-state index is 13.1. The molecule has 1 amide bonds. The molecule has 29 heavy (non-hydrogen) atoms. The van der Waals surface area contributed by atoms with E-state index in [2.05, 4.69) is 10.3 Å². The van der Waals surface area contributed by atoms with Crippen molar-refractivity contribution in [1.29, 1.82) is 0 Å². The third-order valence-corrected chi connectivity index (χ3v) is 5.62. The van der Waals surface area contributed by atoms with Gasteiger partial charge in [0.25, 0.3) is 5.91 Å². The molecule has 0 aliphatic carbocycles. The molecule has 0 radical (unpaired) electrons. The first-order valence-electron chi connectivity index (χ1n) is 10.5. The summed E-state index contributed by atoms with van der Waals surface area (Å²) in [5.41, 5.74) is 2.73. The van der Waals surface area contributed by atoms with Gasteiger partial charge >= 0.3 is 0 Å². The highest BCUT2D eigenvalue weighted by atomic mass is 16.5. The third-order valence-electron chi connectivity index (χ3n) is 5.62. The predicted octanol–water partition coefficient (Wildman–Crippen LogP) is 4.21. The van der Waals surface area contributed by atoms with Crippen LogP contribution in [0.15, 0.2) is 54.6 Å². The number of piperidine rings is 1. The van der Waals surface area contributed by atoms with Crippen molar-refractivity contribution < 1.29 is 9.53 Å². The number of rotatable bonds is 7. The number of aromatic amines is 1. The van der Waals surface area contributed by atoms with E-state index in [4.69, 9.17) is 4.74 Å². The lowest BCUT2D eigenvalue weighted by atomic mass is 9.99. The van der Waals surface area contributed by atoms with Crippen LogP contribution in [0.1, 0.15) is 35.8 Å². The molecule has 1 atom stereocenters. The number of ether oxygens (including phenoxy) is 1.